The second-order valence-electron chi connectivity index (χ2n) is 3.21. The van der Waals surface area contributed by atoms with E-state index in [-0.39, 0.29) is 0 Å². The van der Waals surface area contributed by atoms with Crippen LogP contribution < -0.4 is 5.32 Å². The van der Waals surface area contributed by atoms with E-state index in [0.717, 1.165) is 19.5 Å². The summed E-state index contributed by atoms with van der Waals surface area (Å²) in [6, 6.07) is 0. The third-order valence-electron chi connectivity index (χ3n) is 2.32. The molecule has 1 rings (SSSR count). The lowest BCUT2D eigenvalue weighted by Gasteiger charge is -2.35. The average molecular weight is 129 g/mol. The summed E-state index contributed by atoms with van der Waals surface area (Å²) in [4.78, 5) is 0. The summed E-state index contributed by atoms with van der Waals surface area (Å²) in [7, 11) is 0. The van der Waals surface area contributed by atoms with E-state index >= 15 is 0 Å². The Morgan fingerprint density at radius 3 is 2.67 bits per heavy atom. The van der Waals surface area contributed by atoms with Gasteiger partial charge in [0.25, 0.3) is 0 Å². The molecule has 54 valence electrons. The maximum Gasteiger partial charge on any atom is 0.0669 e. The Bertz CT molecular complexity index is 101. The SMILES string of the molecule is CC1CNCCC1(C)O. The summed E-state index contributed by atoms with van der Waals surface area (Å²) in [5.74, 6) is 0.395. The Morgan fingerprint density at radius 1 is 1.67 bits per heavy atom. The first-order chi connectivity index (χ1) is 4.13. The summed E-state index contributed by atoms with van der Waals surface area (Å²) < 4.78 is 0. The molecule has 1 fully saturated rings. The number of hydrogen-bond acceptors (Lipinski definition) is 2. The molecular weight excluding hydrogens is 114 g/mol. The third kappa shape index (κ3) is 1.43. The van der Waals surface area contributed by atoms with Gasteiger partial charge in [0.15, 0.2) is 0 Å². The smallest absolute Gasteiger partial charge is 0.0669 e. The van der Waals surface area contributed by atoms with E-state index in [2.05, 4.69) is 12.2 Å². The highest BCUT2D eigenvalue weighted by Gasteiger charge is 2.30. The normalized spacial score (nSPS) is 45.0. The number of hydrogen-bond donors (Lipinski definition) is 2. The molecule has 2 heteroatoms. The lowest BCUT2D eigenvalue weighted by Crippen LogP contribution is -2.46. The minimum atomic E-state index is -0.425. The molecule has 2 unspecified atom stereocenters. The van der Waals surface area contributed by atoms with Crippen molar-refractivity contribution in [2.24, 2.45) is 5.92 Å². The Kier molecular flexibility index (Phi) is 1.78. The number of piperidine rings is 1. The summed E-state index contributed by atoms with van der Waals surface area (Å²) in [5, 5.41) is 12.8. The molecule has 0 bridgehead atoms. The van der Waals surface area contributed by atoms with Crippen molar-refractivity contribution in [1.29, 1.82) is 0 Å². The summed E-state index contributed by atoms with van der Waals surface area (Å²) >= 11 is 0. The highest BCUT2D eigenvalue weighted by Crippen LogP contribution is 2.22. The molecule has 0 aromatic rings. The molecule has 0 saturated carbocycles. The van der Waals surface area contributed by atoms with Gasteiger partial charge in [-0.05, 0) is 25.8 Å². The Balaban J connectivity index is 2.49. The van der Waals surface area contributed by atoms with Gasteiger partial charge in [-0.2, -0.15) is 0 Å². The van der Waals surface area contributed by atoms with Crippen LogP contribution in [0.15, 0.2) is 0 Å². The van der Waals surface area contributed by atoms with Gasteiger partial charge in [0.1, 0.15) is 0 Å². The van der Waals surface area contributed by atoms with Crippen LogP contribution in [0.2, 0.25) is 0 Å². The molecule has 1 saturated heterocycles. The van der Waals surface area contributed by atoms with E-state index in [1.54, 1.807) is 0 Å². The fourth-order valence-electron chi connectivity index (χ4n) is 1.13. The fraction of sp³-hybridized carbons (Fsp3) is 1.00. The van der Waals surface area contributed by atoms with Crippen molar-refractivity contribution < 1.29 is 5.11 Å². The highest BCUT2D eigenvalue weighted by molar-refractivity contribution is 4.85. The topological polar surface area (TPSA) is 32.3 Å². The predicted octanol–water partition coefficient (Wildman–Crippen LogP) is 0.367. The van der Waals surface area contributed by atoms with Gasteiger partial charge in [0.2, 0.25) is 0 Å². The fourth-order valence-corrected chi connectivity index (χ4v) is 1.13. The maximum absolute atomic E-state index is 9.60. The van der Waals surface area contributed by atoms with E-state index in [1.165, 1.54) is 0 Å². The van der Waals surface area contributed by atoms with E-state index < -0.39 is 5.60 Å². The molecule has 0 spiro atoms. The number of nitrogens with one attached hydrogen (secondary N) is 1. The van der Waals surface area contributed by atoms with Crippen LogP contribution in [0.1, 0.15) is 20.3 Å². The van der Waals surface area contributed by atoms with Gasteiger partial charge < -0.3 is 10.4 Å². The molecule has 2 atom stereocenters. The van der Waals surface area contributed by atoms with Crippen molar-refractivity contribution in [3.63, 3.8) is 0 Å². The predicted molar refractivity (Wildman–Crippen MR) is 37.3 cm³/mol. The summed E-state index contributed by atoms with van der Waals surface area (Å²) in [5.41, 5.74) is -0.425. The molecule has 0 aromatic heterocycles. The Hall–Kier alpha value is -0.0800. The van der Waals surface area contributed by atoms with Crippen LogP contribution in [-0.4, -0.2) is 23.8 Å². The van der Waals surface area contributed by atoms with Crippen molar-refractivity contribution >= 4 is 0 Å². The van der Waals surface area contributed by atoms with Gasteiger partial charge in [-0.1, -0.05) is 6.92 Å². The van der Waals surface area contributed by atoms with E-state index in [1.807, 2.05) is 6.92 Å². The van der Waals surface area contributed by atoms with Crippen LogP contribution >= 0.6 is 0 Å². The molecule has 2 N–H and O–H groups in total. The van der Waals surface area contributed by atoms with Crippen molar-refractivity contribution in [3.8, 4) is 0 Å². The summed E-state index contributed by atoms with van der Waals surface area (Å²) in [6.45, 7) is 5.90. The van der Waals surface area contributed by atoms with Gasteiger partial charge in [0.05, 0.1) is 5.60 Å². The first kappa shape index (κ1) is 7.03. The van der Waals surface area contributed by atoms with Crippen molar-refractivity contribution in [3.05, 3.63) is 0 Å². The second kappa shape index (κ2) is 2.27. The Morgan fingerprint density at radius 2 is 2.33 bits per heavy atom. The van der Waals surface area contributed by atoms with Gasteiger partial charge in [-0.15, -0.1) is 0 Å². The zero-order chi connectivity index (χ0) is 6.91. The lowest BCUT2D eigenvalue weighted by atomic mass is 9.85. The lowest BCUT2D eigenvalue weighted by molar-refractivity contribution is -0.0160. The minimum absolute atomic E-state index is 0.395. The minimum Gasteiger partial charge on any atom is -0.390 e. The van der Waals surface area contributed by atoms with Crippen molar-refractivity contribution in [2.75, 3.05) is 13.1 Å². The number of rotatable bonds is 0. The molecular formula is C7H15NO. The van der Waals surface area contributed by atoms with Crippen LogP contribution in [0.4, 0.5) is 0 Å². The molecule has 0 aromatic carbocycles. The van der Waals surface area contributed by atoms with E-state index in [0.29, 0.717) is 5.92 Å². The molecule has 0 amide bonds. The third-order valence-corrected chi connectivity index (χ3v) is 2.32. The Labute approximate surface area is 56.3 Å². The van der Waals surface area contributed by atoms with Crippen LogP contribution in [0.3, 0.4) is 0 Å². The first-order valence-corrected chi connectivity index (χ1v) is 3.56. The molecule has 1 heterocycles. The van der Waals surface area contributed by atoms with Crippen molar-refractivity contribution in [1.82, 2.24) is 5.32 Å². The summed E-state index contributed by atoms with van der Waals surface area (Å²) in [6.07, 6.45) is 0.883. The van der Waals surface area contributed by atoms with Crippen LogP contribution in [0.25, 0.3) is 0 Å². The first-order valence-electron chi connectivity index (χ1n) is 3.56. The second-order valence-corrected chi connectivity index (χ2v) is 3.21. The molecule has 2 nitrogen and oxygen atoms in total. The largest absolute Gasteiger partial charge is 0.390 e. The zero-order valence-electron chi connectivity index (χ0n) is 6.15. The zero-order valence-corrected chi connectivity index (χ0v) is 6.15. The van der Waals surface area contributed by atoms with Crippen LogP contribution in [0, 0.1) is 5.92 Å². The van der Waals surface area contributed by atoms with Gasteiger partial charge in [0, 0.05) is 6.54 Å². The van der Waals surface area contributed by atoms with Crippen LogP contribution in [-0.2, 0) is 0 Å². The standard InChI is InChI=1S/C7H15NO/c1-6-5-8-4-3-7(6,2)9/h6,8-9H,3-5H2,1-2H3. The maximum atomic E-state index is 9.60. The van der Waals surface area contributed by atoms with E-state index in [9.17, 15) is 5.11 Å². The van der Waals surface area contributed by atoms with Gasteiger partial charge in [-0.3, -0.25) is 0 Å². The van der Waals surface area contributed by atoms with Gasteiger partial charge >= 0.3 is 0 Å². The average Bonchev–Trinajstić information content (AvgIpc) is 1.77. The van der Waals surface area contributed by atoms with E-state index in [4.69, 9.17) is 0 Å². The van der Waals surface area contributed by atoms with Crippen LogP contribution in [0.5, 0.6) is 0 Å². The monoisotopic (exact) mass is 129 g/mol. The highest BCUT2D eigenvalue weighted by atomic mass is 16.3. The molecule has 9 heavy (non-hydrogen) atoms. The quantitative estimate of drug-likeness (QED) is 0.495. The van der Waals surface area contributed by atoms with Gasteiger partial charge in [-0.25, -0.2) is 0 Å². The molecule has 1 aliphatic heterocycles. The molecule has 0 radical (unpaired) electrons. The van der Waals surface area contributed by atoms with Crippen molar-refractivity contribution in [2.45, 2.75) is 25.9 Å². The molecule has 1 aliphatic rings. The molecule has 0 aliphatic carbocycles. The number of aliphatic hydroxyl groups is 1.